The molecule has 0 atom stereocenters. The summed E-state index contributed by atoms with van der Waals surface area (Å²) < 4.78 is 10.7. The van der Waals surface area contributed by atoms with Crippen LogP contribution in [-0.2, 0) is 24.3 Å². The lowest BCUT2D eigenvalue weighted by Crippen LogP contribution is -3.11. The second kappa shape index (κ2) is 8.65. The van der Waals surface area contributed by atoms with Crippen molar-refractivity contribution >= 4 is 5.91 Å². The molecule has 1 amide bonds. The SMILES string of the molecule is CCc1ccc(C[NH+]2CCC(C(=O)NCc3ccc4c(c3)OCO4)CC2)cc1. The number of hydrogen-bond acceptors (Lipinski definition) is 3. The number of benzene rings is 2. The molecule has 5 nitrogen and oxygen atoms in total. The fourth-order valence-electron chi connectivity index (χ4n) is 4.03. The number of aryl methyl sites for hydroxylation is 1. The third-order valence-electron chi connectivity index (χ3n) is 5.85. The van der Waals surface area contributed by atoms with Crippen molar-refractivity contribution in [3.8, 4) is 11.5 Å². The molecule has 0 bridgehead atoms. The highest BCUT2D eigenvalue weighted by Crippen LogP contribution is 2.32. The third-order valence-corrected chi connectivity index (χ3v) is 5.85. The van der Waals surface area contributed by atoms with Gasteiger partial charge in [-0.25, -0.2) is 0 Å². The van der Waals surface area contributed by atoms with Gasteiger partial charge in [0, 0.05) is 30.9 Å². The van der Waals surface area contributed by atoms with Gasteiger partial charge in [-0.3, -0.25) is 4.79 Å². The predicted octanol–water partition coefficient (Wildman–Crippen LogP) is 2.09. The topological polar surface area (TPSA) is 52.0 Å². The van der Waals surface area contributed by atoms with Gasteiger partial charge < -0.3 is 19.7 Å². The van der Waals surface area contributed by atoms with Crippen molar-refractivity contribution in [2.75, 3.05) is 19.9 Å². The second-order valence-corrected chi connectivity index (χ2v) is 7.78. The van der Waals surface area contributed by atoms with Crippen LogP contribution in [-0.4, -0.2) is 25.8 Å². The van der Waals surface area contributed by atoms with Crippen LogP contribution in [0.3, 0.4) is 0 Å². The average Bonchev–Trinajstić information content (AvgIpc) is 3.21. The van der Waals surface area contributed by atoms with E-state index >= 15 is 0 Å². The minimum Gasteiger partial charge on any atom is -0.454 e. The van der Waals surface area contributed by atoms with Gasteiger partial charge in [-0.1, -0.05) is 37.3 Å². The average molecular weight is 381 g/mol. The van der Waals surface area contributed by atoms with Crippen LogP contribution < -0.4 is 19.7 Å². The number of piperidine rings is 1. The molecule has 5 heteroatoms. The molecule has 0 aromatic heterocycles. The van der Waals surface area contributed by atoms with Crippen molar-refractivity contribution in [3.05, 3.63) is 59.2 Å². The van der Waals surface area contributed by atoms with Crippen LogP contribution in [0.15, 0.2) is 42.5 Å². The van der Waals surface area contributed by atoms with Gasteiger partial charge in [0.1, 0.15) is 6.54 Å². The molecular formula is C23H29N2O3+. The zero-order valence-corrected chi connectivity index (χ0v) is 16.5. The zero-order chi connectivity index (χ0) is 19.3. The molecule has 0 unspecified atom stereocenters. The molecule has 1 saturated heterocycles. The van der Waals surface area contributed by atoms with Gasteiger partial charge in [0.2, 0.25) is 12.7 Å². The molecule has 2 heterocycles. The van der Waals surface area contributed by atoms with Gasteiger partial charge in [-0.05, 0) is 29.7 Å². The van der Waals surface area contributed by atoms with Crippen LogP contribution in [0.25, 0.3) is 0 Å². The summed E-state index contributed by atoms with van der Waals surface area (Å²) in [4.78, 5) is 14.1. The van der Waals surface area contributed by atoms with Gasteiger partial charge >= 0.3 is 0 Å². The van der Waals surface area contributed by atoms with Crippen LogP contribution in [0.5, 0.6) is 11.5 Å². The summed E-state index contributed by atoms with van der Waals surface area (Å²) in [6, 6.07) is 14.8. The number of carbonyl (C=O) groups is 1. The van der Waals surface area contributed by atoms with Crippen molar-refractivity contribution in [2.45, 2.75) is 39.3 Å². The summed E-state index contributed by atoms with van der Waals surface area (Å²) in [7, 11) is 0. The lowest BCUT2D eigenvalue weighted by Gasteiger charge is -2.28. The summed E-state index contributed by atoms with van der Waals surface area (Å²) >= 11 is 0. The zero-order valence-electron chi connectivity index (χ0n) is 16.5. The molecule has 28 heavy (non-hydrogen) atoms. The van der Waals surface area contributed by atoms with Crippen LogP contribution in [0, 0.1) is 5.92 Å². The summed E-state index contributed by atoms with van der Waals surface area (Å²) in [6.07, 6.45) is 2.99. The monoisotopic (exact) mass is 381 g/mol. The van der Waals surface area contributed by atoms with Crippen LogP contribution in [0.1, 0.15) is 36.5 Å². The van der Waals surface area contributed by atoms with Crippen molar-refractivity contribution in [2.24, 2.45) is 5.92 Å². The lowest BCUT2D eigenvalue weighted by molar-refractivity contribution is -0.919. The van der Waals surface area contributed by atoms with Crippen LogP contribution >= 0.6 is 0 Å². The van der Waals surface area contributed by atoms with Gasteiger partial charge in [0.05, 0.1) is 13.1 Å². The molecule has 148 valence electrons. The highest BCUT2D eigenvalue weighted by Gasteiger charge is 2.27. The van der Waals surface area contributed by atoms with E-state index in [1.165, 1.54) is 11.1 Å². The van der Waals surface area contributed by atoms with E-state index in [4.69, 9.17) is 9.47 Å². The normalized spacial score (nSPS) is 20.8. The molecule has 0 radical (unpaired) electrons. The van der Waals surface area contributed by atoms with E-state index in [-0.39, 0.29) is 18.6 Å². The maximum absolute atomic E-state index is 12.6. The van der Waals surface area contributed by atoms with E-state index in [2.05, 4.69) is 36.5 Å². The molecule has 0 saturated carbocycles. The Kier molecular flexibility index (Phi) is 5.81. The molecule has 2 aromatic rings. The number of fused-ring (bicyclic) bond motifs is 1. The number of ether oxygens (including phenoxy) is 2. The van der Waals surface area contributed by atoms with E-state index in [1.54, 1.807) is 4.90 Å². The van der Waals surface area contributed by atoms with Crippen molar-refractivity contribution in [3.63, 3.8) is 0 Å². The first-order valence-electron chi connectivity index (χ1n) is 10.3. The number of hydrogen-bond donors (Lipinski definition) is 2. The quantitative estimate of drug-likeness (QED) is 0.806. The number of amides is 1. The summed E-state index contributed by atoms with van der Waals surface area (Å²) in [5, 5.41) is 3.09. The lowest BCUT2D eigenvalue weighted by atomic mass is 9.95. The van der Waals surface area contributed by atoms with Gasteiger partial charge in [0.25, 0.3) is 0 Å². The smallest absolute Gasteiger partial charge is 0.231 e. The minimum absolute atomic E-state index is 0.125. The first-order chi connectivity index (χ1) is 13.7. The number of rotatable bonds is 6. The molecule has 0 spiro atoms. The van der Waals surface area contributed by atoms with E-state index in [9.17, 15) is 4.79 Å². The number of carbonyl (C=O) groups excluding carboxylic acids is 1. The molecular weight excluding hydrogens is 352 g/mol. The van der Waals surface area contributed by atoms with E-state index in [1.807, 2.05) is 18.2 Å². The van der Waals surface area contributed by atoms with Crippen molar-refractivity contribution in [1.82, 2.24) is 5.32 Å². The molecule has 1 fully saturated rings. The predicted molar refractivity (Wildman–Crippen MR) is 107 cm³/mol. The molecule has 0 aliphatic carbocycles. The Morgan fingerprint density at radius 3 is 2.43 bits per heavy atom. The minimum atomic E-state index is 0.125. The second-order valence-electron chi connectivity index (χ2n) is 7.78. The standard InChI is InChI=1S/C23H28N2O3/c1-2-17-3-5-18(6-4-17)15-25-11-9-20(10-12-25)23(26)24-14-19-7-8-21-22(13-19)28-16-27-21/h3-8,13,20H,2,9-12,14-16H2,1H3,(H,24,26)/p+1. The Labute approximate surface area is 166 Å². The van der Waals surface area contributed by atoms with E-state index in [0.29, 0.717) is 6.54 Å². The first kappa shape index (κ1) is 18.8. The Morgan fingerprint density at radius 1 is 1.00 bits per heavy atom. The van der Waals surface area contributed by atoms with Gasteiger partial charge in [-0.15, -0.1) is 0 Å². The molecule has 2 aliphatic heterocycles. The molecule has 2 aromatic carbocycles. The van der Waals surface area contributed by atoms with Crippen LogP contribution in [0.2, 0.25) is 0 Å². The van der Waals surface area contributed by atoms with E-state index < -0.39 is 0 Å². The summed E-state index contributed by atoms with van der Waals surface area (Å²) in [5.74, 6) is 1.83. The van der Waals surface area contributed by atoms with Crippen molar-refractivity contribution < 1.29 is 19.2 Å². The van der Waals surface area contributed by atoms with Crippen molar-refractivity contribution in [1.29, 1.82) is 0 Å². The number of nitrogens with one attached hydrogen (secondary N) is 2. The fourth-order valence-corrected chi connectivity index (χ4v) is 4.03. The van der Waals surface area contributed by atoms with E-state index in [0.717, 1.165) is 56.0 Å². The summed E-state index contributed by atoms with van der Waals surface area (Å²) in [6.45, 7) is 6.15. The number of likely N-dealkylation sites (tertiary alicyclic amines) is 1. The van der Waals surface area contributed by atoms with Gasteiger partial charge in [-0.2, -0.15) is 0 Å². The van der Waals surface area contributed by atoms with Gasteiger partial charge in [0.15, 0.2) is 11.5 Å². The highest BCUT2D eigenvalue weighted by molar-refractivity contribution is 5.78. The maximum atomic E-state index is 12.6. The Balaban J connectivity index is 1.22. The molecule has 2 N–H and O–H groups in total. The molecule has 2 aliphatic rings. The maximum Gasteiger partial charge on any atom is 0.231 e. The number of quaternary nitrogens is 1. The highest BCUT2D eigenvalue weighted by atomic mass is 16.7. The molecule has 4 rings (SSSR count). The Bertz CT molecular complexity index is 811. The first-order valence-corrected chi connectivity index (χ1v) is 10.3. The Morgan fingerprint density at radius 2 is 1.68 bits per heavy atom. The Hall–Kier alpha value is -2.53. The third kappa shape index (κ3) is 4.47. The summed E-state index contributed by atoms with van der Waals surface area (Å²) in [5.41, 5.74) is 3.81. The fraction of sp³-hybridized carbons (Fsp3) is 0.435. The van der Waals surface area contributed by atoms with Crippen LogP contribution in [0.4, 0.5) is 0 Å². The largest absolute Gasteiger partial charge is 0.454 e.